The predicted molar refractivity (Wildman–Crippen MR) is 115 cm³/mol. The maximum absolute atomic E-state index is 13.1. The molecule has 0 heterocycles. The van der Waals surface area contributed by atoms with Gasteiger partial charge in [-0.25, -0.2) is 0 Å². The van der Waals surface area contributed by atoms with Gasteiger partial charge in [-0.2, -0.15) is 0 Å². The van der Waals surface area contributed by atoms with Crippen molar-refractivity contribution in [1.82, 2.24) is 5.32 Å². The molecule has 0 aliphatic rings. The van der Waals surface area contributed by atoms with Crippen LogP contribution in [0.4, 0.5) is 5.69 Å². The molecule has 0 spiro atoms. The van der Waals surface area contributed by atoms with E-state index in [-0.39, 0.29) is 31.4 Å². The molecule has 1 N–H and O–H groups in total. The SMILES string of the molecule is CCOC(=O)CNC(=O)CCCN(C(=O)c1ccc(Cl)cc1)c1ccc(OC)cc1. The van der Waals surface area contributed by atoms with Gasteiger partial charge in [-0.05, 0) is 61.9 Å². The number of carbonyl (C=O) groups excluding carboxylic acids is 3. The molecule has 0 atom stereocenters. The van der Waals surface area contributed by atoms with Gasteiger partial charge in [0.15, 0.2) is 0 Å². The first-order valence-corrected chi connectivity index (χ1v) is 9.96. The van der Waals surface area contributed by atoms with E-state index in [9.17, 15) is 14.4 Å². The lowest BCUT2D eigenvalue weighted by atomic mass is 10.1. The van der Waals surface area contributed by atoms with Gasteiger partial charge in [0.2, 0.25) is 5.91 Å². The zero-order chi connectivity index (χ0) is 21.9. The number of carbonyl (C=O) groups is 3. The van der Waals surface area contributed by atoms with E-state index in [2.05, 4.69) is 5.32 Å². The molecule has 2 rings (SSSR count). The minimum Gasteiger partial charge on any atom is -0.497 e. The van der Waals surface area contributed by atoms with Crippen LogP contribution in [0, 0.1) is 0 Å². The smallest absolute Gasteiger partial charge is 0.325 e. The number of rotatable bonds is 10. The summed E-state index contributed by atoms with van der Waals surface area (Å²) in [5.74, 6) is -0.292. The van der Waals surface area contributed by atoms with Crippen LogP contribution in [0.25, 0.3) is 0 Å². The summed E-state index contributed by atoms with van der Waals surface area (Å²) in [6.45, 7) is 2.11. The van der Waals surface area contributed by atoms with Gasteiger partial charge in [-0.1, -0.05) is 11.6 Å². The minimum absolute atomic E-state index is 0.167. The van der Waals surface area contributed by atoms with Crippen LogP contribution in [0.5, 0.6) is 5.75 Å². The molecule has 0 unspecified atom stereocenters. The third-order valence-corrected chi connectivity index (χ3v) is 4.49. The topological polar surface area (TPSA) is 84.9 Å². The van der Waals surface area contributed by atoms with Crippen LogP contribution >= 0.6 is 11.6 Å². The summed E-state index contributed by atoms with van der Waals surface area (Å²) in [4.78, 5) is 38.0. The Labute approximate surface area is 180 Å². The van der Waals surface area contributed by atoms with Gasteiger partial charge in [-0.15, -0.1) is 0 Å². The molecule has 0 saturated carbocycles. The fraction of sp³-hybridized carbons (Fsp3) is 0.318. The van der Waals surface area contributed by atoms with Gasteiger partial charge < -0.3 is 19.7 Å². The number of nitrogens with zero attached hydrogens (tertiary/aromatic N) is 1. The Morgan fingerprint density at radius 3 is 2.30 bits per heavy atom. The second kappa shape index (κ2) is 11.8. The largest absolute Gasteiger partial charge is 0.497 e. The normalized spacial score (nSPS) is 10.2. The van der Waals surface area contributed by atoms with E-state index in [0.29, 0.717) is 35.0 Å². The summed E-state index contributed by atoms with van der Waals surface area (Å²) in [6, 6.07) is 13.7. The number of halogens is 1. The molecule has 0 bridgehead atoms. The quantitative estimate of drug-likeness (QED) is 0.581. The Balaban J connectivity index is 2.04. The maximum Gasteiger partial charge on any atom is 0.325 e. The molecule has 8 heteroatoms. The molecule has 2 amide bonds. The van der Waals surface area contributed by atoms with Crippen molar-refractivity contribution in [3.63, 3.8) is 0 Å². The van der Waals surface area contributed by atoms with Crippen molar-refractivity contribution >= 4 is 35.1 Å². The van der Waals surface area contributed by atoms with Crippen molar-refractivity contribution in [1.29, 1.82) is 0 Å². The number of methoxy groups -OCH3 is 1. The number of anilines is 1. The van der Waals surface area contributed by atoms with Crippen LogP contribution in [0.2, 0.25) is 5.02 Å². The molecule has 2 aromatic rings. The molecule has 0 saturated heterocycles. The van der Waals surface area contributed by atoms with E-state index in [1.807, 2.05) is 0 Å². The van der Waals surface area contributed by atoms with Crippen LogP contribution in [0.3, 0.4) is 0 Å². The van der Waals surface area contributed by atoms with Crippen molar-refractivity contribution in [2.75, 3.05) is 31.7 Å². The summed E-state index contributed by atoms with van der Waals surface area (Å²) in [6.07, 6.45) is 0.583. The number of hydrogen-bond donors (Lipinski definition) is 1. The summed E-state index contributed by atoms with van der Waals surface area (Å²) >= 11 is 5.92. The molecule has 0 aromatic heterocycles. The fourth-order valence-electron chi connectivity index (χ4n) is 2.73. The Morgan fingerprint density at radius 2 is 1.70 bits per heavy atom. The summed E-state index contributed by atoms with van der Waals surface area (Å²) in [5, 5.41) is 3.06. The number of nitrogens with one attached hydrogen (secondary N) is 1. The van der Waals surface area contributed by atoms with Crippen LogP contribution in [0.15, 0.2) is 48.5 Å². The van der Waals surface area contributed by atoms with Crippen molar-refractivity contribution in [2.45, 2.75) is 19.8 Å². The van der Waals surface area contributed by atoms with E-state index >= 15 is 0 Å². The van der Waals surface area contributed by atoms with Crippen LogP contribution in [0.1, 0.15) is 30.1 Å². The van der Waals surface area contributed by atoms with Gasteiger partial charge >= 0.3 is 5.97 Å². The van der Waals surface area contributed by atoms with E-state index in [0.717, 1.165) is 0 Å². The predicted octanol–water partition coefficient (Wildman–Crippen LogP) is 3.45. The minimum atomic E-state index is -0.483. The van der Waals surface area contributed by atoms with Crippen LogP contribution in [-0.4, -0.2) is 44.6 Å². The molecule has 160 valence electrons. The second-order valence-electron chi connectivity index (χ2n) is 6.35. The number of ether oxygens (including phenoxy) is 2. The first-order chi connectivity index (χ1) is 14.4. The Kier molecular flexibility index (Phi) is 9.15. The molecule has 7 nitrogen and oxygen atoms in total. The summed E-state index contributed by atoms with van der Waals surface area (Å²) in [5.41, 5.74) is 1.17. The molecule has 0 radical (unpaired) electrons. The van der Waals surface area contributed by atoms with Crippen LogP contribution in [-0.2, 0) is 14.3 Å². The van der Waals surface area contributed by atoms with E-state index in [1.165, 1.54) is 0 Å². The molecule has 0 fully saturated rings. The lowest BCUT2D eigenvalue weighted by Crippen LogP contribution is -2.34. The Morgan fingerprint density at radius 1 is 1.03 bits per heavy atom. The summed E-state index contributed by atoms with van der Waals surface area (Å²) < 4.78 is 9.95. The first-order valence-electron chi connectivity index (χ1n) is 9.58. The number of benzene rings is 2. The lowest BCUT2D eigenvalue weighted by molar-refractivity contribution is -0.143. The zero-order valence-corrected chi connectivity index (χ0v) is 17.8. The third-order valence-electron chi connectivity index (χ3n) is 4.24. The average molecular weight is 433 g/mol. The van der Waals surface area contributed by atoms with Gasteiger partial charge in [-0.3, -0.25) is 14.4 Å². The second-order valence-corrected chi connectivity index (χ2v) is 6.78. The van der Waals surface area contributed by atoms with Crippen molar-refractivity contribution in [3.8, 4) is 5.75 Å². The Bertz CT molecular complexity index is 853. The molecule has 30 heavy (non-hydrogen) atoms. The molecular formula is C22H25ClN2O5. The number of hydrogen-bond acceptors (Lipinski definition) is 5. The number of amides is 2. The standard InChI is InChI=1S/C22H25ClN2O5/c1-3-30-21(27)15-24-20(26)5-4-14-25(18-10-12-19(29-2)13-11-18)22(28)16-6-8-17(23)9-7-16/h6-13H,3-5,14-15H2,1-2H3,(H,24,26). The molecule has 2 aromatic carbocycles. The van der Waals surface area contributed by atoms with E-state index < -0.39 is 5.97 Å². The third kappa shape index (κ3) is 7.08. The van der Waals surface area contributed by atoms with Gasteiger partial charge in [0.1, 0.15) is 12.3 Å². The van der Waals surface area contributed by atoms with Crippen LogP contribution < -0.4 is 15.0 Å². The lowest BCUT2D eigenvalue weighted by Gasteiger charge is -2.23. The monoisotopic (exact) mass is 432 g/mol. The molecule has 0 aliphatic heterocycles. The fourth-order valence-corrected chi connectivity index (χ4v) is 2.85. The first kappa shape index (κ1) is 23.2. The summed E-state index contributed by atoms with van der Waals surface area (Å²) in [7, 11) is 1.57. The highest BCUT2D eigenvalue weighted by Crippen LogP contribution is 2.22. The molecular weight excluding hydrogens is 408 g/mol. The zero-order valence-electron chi connectivity index (χ0n) is 17.0. The highest BCUT2D eigenvalue weighted by atomic mass is 35.5. The average Bonchev–Trinajstić information content (AvgIpc) is 2.76. The van der Waals surface area contributed by atoms with Crippen molar-refractivity contribution < 1.29 is 23.9 Å². The van der Waals surface area contributed by atoms with Gasteiger partial charge in [0.25, 0.3) is 5.91 Å². The highest BCUT2D eigenvalue weighted by Gasteiger charge is 2.18. The van der Waals surface area contributed by atoms with E-state index in [1.54, 1.807) is 67.5 Å². The van der Waals surface area contributed by atoms with E-state index in [4.69, 9.17) is 21.1 Å². The van der Waals surface area contributed by atoms with Gasteiger partial charge in [0.05, 0.1) is 13.7 Å². The maximum atomic E-state index is 13.1. The number of esters is 1. The Hall–Kier alpha value is -3.06. The van der Waals surface area contributed by atoms with Crippen molar-refractivity contribution in [3.05, 3.63) is 59.1 Å². The highest BCUT2D eigenvalue weighted by molar-refractivity contribution is 6.30. The molecule has 0 aliphatic carbocycles. The van der Waals surface area contributed by atoms with Crippen molar-refractivity contribution in [2.24, 2.45) is 0 Å². The van der Waals surface area contributed by atoms with Gasteiger partial charge in [0, 0.05) is 29.2 Å².